The van der Waals surface area contributed by atoms with Gasteiger partial charge in [-0.3, -0.25) is 5.41 Å². The molecule has 0 saturated carbocycles. The van der Waals surface area contributed by atoms with Crippen LogP contribution in [0.3, 0.4) is 0 Å². The lowest BCUT2D eigenvalue weighted by Crippen LogP contribution is -2.36. The molecule has 1 heterocycles. The van der Waals surface area contributed by atoms with E-state index in [-0.39, 0.29) is 11.8 Å². The van der Waals surface area contributed by atoms with Gasteiger partial charge in [0.15, 0.2) is 0 Å². The van der Waals surface area contributed by atoms with Crippen molar-refractivity contribution in [3.63, 3.8) is 0 Å². The average Bonchev–Trinajstić information content (AvgIpc) is 2.61. The normalized spacial score (nSPS) is 19.8. The van der Waals surface area contributed by atoms with Crippen LogP contribution in [0.4, 0.5) is 0 Å². The molecule has 4 nitrogen and oxygen atoms in total. The van der Waals surface area contributed by atoms with E-state index in [1.54, 1.807) is 0 Å². The number of likely N-dealkylation sites (N-methyl/N-ethyl adjacent to an activating group) is 1. The molecule has 1 atom stereocenters. The third kappa shape index (κ3) is 4.04. The zero-order valence-corrected chi connectivity index (χ0v) is 11.7. The molecular formula is C15H24N4. The monoisotopic (exact) mass is 260 g/mol. The van der Waals surface area contributed by atoms with E-state index in [4.69, 9.17) is 11.1 Å². The fourth-order valence-corrected chi connectivity index (χ4v) is 2.61. The van der Waals surface area contributed by atoms with Gasteiger partial charge in [-0.25, -0.2) is 0 Å². The Morgan fingerprint density at radius 3 is 2.63 bits per heavy atom. The van der Waals surface area contributed by atoms with Crippen LogP contribution in [0.1, 0.15) is 17.9 Å². The number of nitrogens with one attached hydrogen (secondary N) is 1. The molecule has 0 amide bonds. The van der Waals surface area contributed by atoms with Crippen LogP contribution in [0.5, 0.6) is 0 Å². The average molecular weight is 260 g/mol. The second-order valence-electron chi connectivity index (χ2n) is 5.38. The largest absolute Gasteiger partial charge is 0.387 e. The van der Waals surface area contributed by atoms with Crippen LogP contribution in [0.25, 0.3) is 0 Å². The van der Waals surface area contributed by atoms with Crippen LogP contribution in [0, 0.1) is 5.41 Å². The summed E-state index contributed by atoms with van der Waals surface area (Å²) in [6, 6.07) is 10.2. The number of rotatable bonds is 4. The van der Waals surface area contributed by atoms with Crippen LogP contribution < -0.4 is 5.73 Å². The SMILES string of the molecule is CN1CCCN(CC(C(=N)N)c2ccccc2)CC1. The molecule has 1 saturated heterocycles. The first kappa shape index (κ1) is 14.0. The van der Waals surface area contributed by atoms with Gasteiger partial charge in [0.25, 0.3) is 0 Å². The Morgan fingerprint density at radius 2 is 1.95 bits per heavy atom. The summed E-state index contributed by atoms with van der Waals surface area (Å²) < 4.78 is 0. The molecule has 0 bridgehead atoms. The summed E-state index contributed by atoms with van der Waals surface area (Å²) in [6.07, 6.45) is 1.19. The predicted octanol–water partition coefficient (Wildman–Crippen LogP) is 1.34. The first-order chi connectivity index (χ1) is 9.16. The lowest BCUT2D eigenvalue weighted by atomic mass is 9.97. The summed E-state index contributed by atoms with van der Waals surface area (Å²) in [6.45, 7) is 5.27. The molecule has 19 heavy (non-hydrogen) atoms. The number of nitrogens with zero attached hydrogens (tertiary/aromatic N) is 2. The number of nitrogens with two attached hydrogens (primary N) is 1. The summed E-state index contributed by atoms with van der Waals surface area (Å²) >= 11 is 0. The molecule has 0 radical (unpaired) electrons. The van der Waals surface area contributed by atoms with Crippen molar-refractivity contribution in [3.8, 4) is 0 Å². The van der Waals surface area contributed by atoms with Gasteiger partial charge in [0.2, 0.25) is 0 Å². The van der Waals surface area contributed by atoms with Crippen molar-refractivity contribution >= 4 is 5.84 Å². The predicted molar refractivity (Wildman–Crippen MR) is 79.7 cm³/mol. The molecule has 3 N–H and O–H groups in total. The number of hydrogen-bond donors (Lipinski definition) is 2. The molecule has 1 unspecified atom stereocenters. The van der Waals surface area contributed by atoms with Gasteiger partial charge in [-0.1, -0.05) is 30.3 Å². The van der Waals surface area contributed by atoms with E-state index in [0.29, 0.717) is 0 Å². The van der Waals surface area contributed by atoms with E-state index in [1.165, 1.54) is 6.42 Å². The number of hydrogen-bond acceptors (Lipinski definition) is 3. The molecule has 104 valence electrons. The van der Waals surface area contributed by atoms with Gasteiger partial charge in [0, 0.05) is 19.6 Å². The van der Waals surface area contributed by atoms with Crippen molar-refractivity contribution in [1.82, 2.24) is 9.80 Å². The summed E-state index contributed by atoms with van der Waals surface area (Å²) in [7, 11) is 2.17. The quantitative estimate of drug-likeness (QED) is 0.634. The van der Waals surface area contributed by atoms with E-state index in [0.717, 1.165) is 38.3 Å². The molecule has 1 aromatic rings. The lowest BCUT2D eigenvalue weighted by molar-refractivity contribution is 0.273. The molecule has 1 aliphatic rings. The van der Waals surface area contributed by atoms with Crippen molar-refractivity contribution in [2.24, 2.45) is 5.73 Å². The Labute approximate surface area is 115 Å². The second-order valence-corrected chi connectivity index (χ2v) is 5.38. The van der Waals surface area contributed by atoms with E-state index >= 15 is 0 Å². The minimum atomic E-state index is 0.0182. The van der Waals surface area contributed by atoms with Crippen molar-refractivity contribution in [2.75, 3.05) is 39.8 Å². The number of benzene rings is 1. The van der Waals surface area contributed by atoms with Crippen molar-refractivity contribution in [3.05, 3.63) is 35.9 Å². The number of amidine groups is 1. The van der Waals surface area contributed by atoms with Gasteiger partial charge in [-0.2, -0.15) is 0 Å². The maximum atomic E-state index is 7.84. The van der Waals surface area contributed by atoms with Crippen LogP contribution in [-0.4, -0.2) is 55.4 Å². The Kier molecular flexibility index (Phi) is 4.93. The Hall–Kier alpha value is -1.39. The van der Waals surface area contributed by atoms with Crippen molar-refractivity contribution in [2.45, 2.75) is 12.3 Å². The molecule has 0 aliphatic carbocycles. The Balaban J connectivity index is 2.03. The molecular weight excluding hydrogens is 236 g/mol. The lowest BCUT2D eigenvalue weighted by Gasteiger charge is -2.26. The fraction of sp³-hybridized carbons (Fsp3) is 0.533. The van der Waals surface area contributed by atoms with Gasteiger partial charge in [-0.15, -0.1) is 0 Å². The van der Waals surface area contributed by atoms with Crippen LogP contribution in [-0.2, 0) is 0 Å². The van der Waals surface area contributed by atoms with Crippen LogP contribution in [0.15, 0.2) is 30.3 Å². The fourth-order valence-electron chi connectivity index (χ4n) is 2.61. The zero-order valence-electron chi connectivity index (χ0n) is 11.7. The summed E-state index contributed by atoms with van der Waals surface area (Å²) in [5.74, 6) is 0.286. The molecule has 1 aromatic carbocycles. The smallest absolute Gasteiger partial charge is 0.0995 e. The first-order valence-corrected chi connectivity index (χ1v) is 6.96. The molecule has 1 aliphatic heterocycles. The minimum Gasteiger partial charge on any atom is -0.387 e. The standard InChI is InChI=1S/C15H24N4/c1-18-8-5-9-19(11-10-18)12-14(15(16)17)13-6-3-2-4-7-13/h2-4,6-7,14H,5,8-12H2,1H3,(H3,16,17). The highest BCUT2D eigenvalue weighted by Crippen LogP contribution is 2.17. The van der Waals surface area contributed by atoms with E-state index < -0.39 is 0 Å². The molecule has 0 aromatic heterocycles. The first-order valence-electron chi connectivity index (χ1n) is 6.96. The molecule has 0 spiro atoms. The van der Waals surface area contributed by atoms with E-state index in [1.807, 2.05) is 18.2 Å². The molecule has 4 heteroatoms. The maximum Gasteiger partial charge on any atom is 0.0995 e. The van der Waals surface area contributed by atoms with Gasteiger partial charge in [-0.05, 0) is 32.1 Å². The van der Waals surface area contributed by atoms with Crippen LogP contribution >= 0.6 is 0 Å². The maximum absolute atomic E-state index is 7.84. The highest BCUT2D eigenvalue weighted by Gasteiger charge is 2.20. The summed E-state index contributed by atoms with van der Waals surface area (Å²) in [5.41, 5.74) is 6.94. The Morgan fingerprint density at radius 1 is 1.21 bits per heavy atom. The van der Waals surface area contributed by atoms with Crippen LogP contribution in [0.2, 0.25) is 0 Å². The van der Waals surface area contributed by atoms with Gasteiger partial charge in [0.1, 0.15) is 0 Å². The molecule has 2 rings (SSSR count). The highest BCUT2D eigenvalue weighted by atomic mass is 15.2. The van der Waals surface area contributed by atoms with E-state index in [9.17, 15) is 0 Å². The topological polar surface area (TPSA) is 56.4 Å². The van der Waals surface area contributed by atoms with E-state index in [2.05, 4.69) is 29.0 Å². The summed E-state index contributed by atoms with van der Waals surface area (Å²) in [4.78, 5) is 4.80. The van der Waals surface area contributed by atoms with Gasteiger partial charge >= 0.3 is 0 Å². The van der Waals surface area contributed by atoms with Crippen molar-refractivity contribution < 1.29 is 0 Å². The molecule has 1 fully saturated rings. The second kappa shape index (κ2) is 6.68. The van der Waals surface area contributed by atoms with Gasteiger partial charge < -0.3 is 15.5 Å². The van der Waals surface area contributed by atoms with Crippen molar-refractivity contribution in [1.29, 1.82) is 5.41 Å². The third-order valence-corrected chi connectivity index (χ3v) is 3.83. The summed E-state index contributed by atoms with van der Waals surface area (Å²) in [5, 5.41) is 7.84. The zero-order chi connectivity index (χ0) is 13.7. The highest BCUT2D eigenvalue weighted by molar-refractivity contribution is 5.84. The minimum absolute atomic E-state index is 0.0182. The van der Waals surface area contributed by atoms with Gasteiger partial charge in [0.05, 0.1) is 11.8 Å². The third-order valence-electron chi connectivity index (χ3n) is 3.83. The Bertz CT molecular complexity index is 404.